The Kier molecular flexibility index (Phi) is 5.00. The predicted octanol–water partition coefficient (Wildman–Crippen LogP) is 5.44. The molecule has 5 heteroatoms. The molecule has 2 aliphatic carbocycles. The molecule has 0 spiro atoms. The van der Waals surface area contributed by atoms with Crippen molar-refractivity contribution in [1.29, 1.82) is 0 Å². The summed E-state index contributed by atoms with van der Waals surface area (Å²) in [6, 6.07) is 12.2. The Balaban J connectivity index is 1.57. The summed E-state index contributed by atoms with van der Waals surface area (Å²) >= 11 is 0. The Morgan fingerprint density at radius 2 is 1.97 bits per heavy atom. The molecule has 0 saturated heterocycles. The van der Waals surface area contributed by atoms with Gasteiger partial charge in [0.05, 0.1) is 5.52 Å². The molecule has 5 rings (SSSR count). The number of rotatable bonds is 4. The first-order valence-electron chi connectivity index (χ1n) is 11.8. The minimum atomic E-state index is -0.409. The second kappa shape index (κ2) is 7.54. The maximum Gasteiger partial charge on any atom is 0.257 e. The van der Waals surface area contributed by atoms with E-state index in [1.54, 1.807) is 6.20 Å². The lowest BCUT2D eigenvalue weighted by atomic mass is 9.68. The lowest BCUT2D eigenvalue weighted by molar-refractivity contribution is 0.0736. The fourth-order valence-corrected chi connectivity index (χ4v) is 6.53. The number of pyridine rings is 1. The molecule has 0 aliphatic heterocycles. The van der Waals surface area contributed by atoms with E-state index >= 15 is 0 Å². The first-order valence-corrected chi connectivity index (χ1v) is 11.8. The largest absolute Gasteiger partial charge is 0.348 e. The van der Waals surface area contributed by atoms with Crippen molar-refractivity contribution in [3.63, 3.8) is 0 Å². The fourth-order valence-electron chi connectivity index (χ4n) is 6.53. The number of benzene rings is 2. The van der Waals surface area contributed by atoms with Crippen molar-refractivity contribution < 1.29 is 9.18 Å². The van der Waals surface area contributed by atoms with Gasteiger partial charge in [-0.1, -0.05) is 50.6 Å². The Morgan fingerprint density at radius 1 is 1.18 bits per heavy atom. The third-order valence-corrected chi connectivity index (χ3v) is 8.27. The highest BCUT2D eigenvalue weighted by molar-refractivity contribution is 5.97. The van der Waals surface area contributed by atoms with Crippen LogP contribution in [-0.4, -0.2) is 16.5 Å². The minimum Gasteiger partial charge on any atom is -0.348 e. The van der Waals surface area contributed by atoms with Crippen LogP contribution in [0.2, 0.25) is 0 Å². The smallest absolute Gasteiger partial charge is 0.257 e. The number of fused-ring (bicyclic) bond motifs is 3. The van der Waals surface area contributed by atoms with Gasteiger partial charge in [-0.15, -0.1) is 0 Å². The molecule has 1 N–H and O–H groups in total. The molecule has 2 aromatic carbocycles. The summed E-state index contributed by atoms with van der Waals surface area (Å²) in [4.78, 5) is 26.8. The molecule has 1 heterocycles. The molecule has 0 unspecified atom stereocenters. The molecule has 172 valence electrons. The van der Waals surface area contributed by atoms with Gasteiger partial charge in [-0.3, -0.25) is 9.59 Å². The molecular formula is C28H31FN2O2. The van der Waals surface area contributed by atoms with Crippen molar-refractivity contribution in [2.45, 2.75) is 59.5 Å². The van der Waals surface area contributed by atoms with E-state index < -0.39 is 5.82 Å². The van der Waals surface area contributed by atoms with Gasteiger partial charge in [-0.2, -0.15) is 0 Å². The maximum absolute atomic E-state index is 14.1. The average molecular weight is 447 g/mol. The van der Waals surface area contributed by atoms with Crippen LogP contribution in [0.25, 0.3) is 10.9 Å². The molecule has 0 radical (unpaired) electrons. The molecule has 3 atom stereocenters. The minimum absolute atomic E-state index is 0.0107. The first kappa shape index (κ1) is 21.9. The maximum atomic E-state index is 14.1. The average Bonchev–Trinajstić information content (AvgIpc) is 3.24. The molecule has 2 fully saturated rings. The second-order valence-corrected chi connectivity index (χ2v) is 11.0. The number of hydrogen-bond donors (Lipinski definition) is 1. The summed E-state index contributed by atoms with van der Waals surface area (Å²) in [5.74, 6) is -0.157. The Labute approximate surface area is 193 Å². The van der Waals surface area contributed by atoms with E-state index in [1.807, 2.05) is 29.7 Å². The standard InChI is InChI=1S/C28H31FN2O2/c1-17-6-5-7-18(12-17)15-31-16-22(24(32)21-9-8-20(29)13-23(21)31)25(33)30-26-27(2,3)19-10-11-28(26,4)14-19/h5-9,12-13,16,19,26H,10-11,14-15H2,1-4H3,(H,30,33)/t19-,26+,28+/m0/s1. The van der Waals surface area contributed by atoms with Gasteiger partial charge in [-0.05, 0) is 66.7 Å². The molecule has 2 aliphatic rings. The number of halogens is 1. The van der Waals surface area contributed by atoms with Crippen LogP contribution in [0.1, 0.15) is 61.5 Å². The van der Waals surface area contributed by atoms with E-state index in [2.05, 4.69) is 32.2 Å². The van der Waals surface area contributed by atoms with Gasteiger partial charge in [0.15, 0.2) is 0 Å². The van der Waals surface area contributed by atoms with Crippen molar-refractivity contribution in [2.24, 2.45) is 16.7 Å². The predicted molar refractivity (Wildman–Crippen MR) is 129 cm³/mol. The highest BCUT2D eigenvalue weighted by Crippen LogP contribution is 2.62. The monoisotopic (exact) mass is 446 g/mol. The van der Waals surface area contributed by atoms with E-state index in [-0.39, 0.29) is 33.8 Å². The summed E-state index contributed by atoms with van der Waals surface area (Å²) in [7, 11) is 0. The molecule has 3 aromatic rings. The molecule has 1 aromatic heterocycles. The highest BCUT2D eigenvalue weighted by Gasteiger charge is 2.59. The molecular weight excluding hydrogens is 415 g/mol. The van der Waals surface area contributed by atoms with Crippen LogP contribution in [0.3, 0.4) is 0 Å². The van der Waals surface area contributed by atoms with Crippen LogP contribution in [0, 0.1) is 29.5 Å². The number of carbonyl (C=O) groups excluding carboxylic acids is 1. The highest BCUT2D eigenvalue weighted by atomic mass is 19.1. The third kappa shape index (κ3) is 3.58. The third-order valence-electron chi connectivity index (χ3n) is 8.27. The zero-order valence-electron chi connectivity index (χ0n) is 19.7. The molecule has 1 amide bonds. The van der Waals surface area contributed by atoms with Crippen molar-refractivity contribution in [3.8, 4) is 0 Å². The molecule has 2 bridgehead atoms. The summed E-state index contributed by atoms with van der Waals surface area (Å²) in [5, 5.41) is 3.60. The van der Waals surface area contributed by atoms with Crippen molar-refractivity contribution in [3.05, 3.63) is 81.4 Å². The van der Waals surface area contributed by atoms with E-state index in [0.717, 1.165) is 24.0 Å². The summed E-state index contributed by atoms with van der Waals surface area (Å²) < 4.78 is 15.9. The first-order chi connectivity index (χ1) is 15.6. The van der Waals surface area contributed by atoms with Gasteiger partial charge >= 0.3 is 0 Å². The van der Waals surface area contributed by atoms with Crippen LogP contribution in [0.4, 0.5) is 4.39 Å². The van der Waals surface area contributed by atoms with Gasteiger partial charge < -0.3 is 9.88 Å². The van der Waals surface area contributed by atoms with Crippen molar-refractivity contribution in [1.82, 2.24) is 9.88 Å². The Bertz CT molecular complexity index is 1320. The quantitative estimate of drug-likeness (QED) is 0.580. The zero-order chi connectivity index (χ0) is 23.5. The number of amides is 1. The van der Waals surface area contributed by atoms with Gasteiger partial charge in [0.25, 0.3) is 5.91 Å². The Morgan fingerprint density at radius 3 is 2.67 bits per heavy atom. The fraction of sp³-hybridized carbons (Fsp3) is 0.429. The lowest BCUT2D eigenvalue weighted by Crippen LogP contribution is -2.53. The zero-order valence-corrected chi connectivity index (χ0v) is 19.7. The van der Waals surface area contributed by atoms with Gasteiger partial charge in [-0.25, -0.2) is 4.39 Å². The topological polar surface area (TPSA) is 51.1 Å². The molecule has 2 saturated carbocycles. The number of nitrogens with zero attached hydrogens (tertiary/aromatic N) is 1. The summed E-state index contributed by atoms with van der Waals surface area (Å²) in [6.07, 6.45) is 5.01. The van der Waals surface area contributed by atoms with E-state index in [4.69, 9.17) is 0 Å². The number of aryl methyl sites for hydroxylation is 1. The Hall–Kier alpha value is -2.95. The number of aromatic nitrogens is 1. The number of nitrogens with one attached hydrogen (secondary N) is 1. The number of hydrogen-bond acceptors (Lipinski definition) is 2. The van der Waals surface area contributed by atoms with E-state index in [0.29, 0.717) is 23.4 Å². The normalized spacial score (nSPS) is 25.5. The second-order valence-electron chi connectivity index (χ2n) is 11.0. The van der Waals surface area contributed by atoms with Crippen LogP contribution in [0.15, 0.2) is 53.5 Å². The van der Waals surface area contributed by atoms with Gasteiger partial charge in [0, 0.05) is 24.2 Å². The lowest BCUT2D eigenvalue weighted by Gasteiger charge is -2.43. The SMILES string of the molecule is Cc1cccc(Cn2cc(C(=O)N[C@@H]3C(C)(C)[C@H]4CC[C@]3(C)C4)c(=O)c3ccc(F)cc32)c1. The molecule has 4 nitrogen and oxygen atoms in total. The van der Waals surface area contributed by atoms with Crippen molar-refractivity contribution >= 4 is 16.8 Å². The summed E-state index contributed by atoms with van der Waals surface area (Å²) in [5.41, 5.74) is 2.45. The van der Waals surface area contributed by atoms with Crippen LogP contribution in [-0.2, 0) is 6.54 Å². The number of carbonyl (C=O) groups is 1. The van der Waals surface area contributed by atoms with Crippen LogP contribution < -0.4 is 10.7 Å². The summed E-state index contributed by atoms with van der Waals surface area (Å²) in [6.45, 7) is 9.17. The van der Waals surface area contributed by atoms with Crippen LogP contribution >= 0.6 is 0 Å². The van der Waals surface area contributed by atoms with Gasteiger partial charge in [0.1, 0.15) is 11.4 Å². The van der Waals surface area contributed by atoms with Crippen LogP contribution in [0.5, 0.6) is 0 Å². The van der Waals surface area contributed by atoms with E-state index in [9.17, 15) is 14.0 Å². The van der Waals surface area contributed by atoms with E-state index in [1.165, 1.54) is 24.6 Å². The van der Waals surface area contributed by atoms with Crippen molar-refractivity contribution in [2.75, 3.05) is 0 Å². The van der Waals surface area contributed by atoms with Gasteiger partial charge in [0.2, 0.25) is 5.43 Å². The molecule has 33 heavy (non-hydrogen) atoms.